The molecule has 0 radical (unpaired) electrons. The Morgan fingerprint density at radius 1 is 1.05 bits per heavy atom. The van der Waals surface area contributed by atoms with E-state index in [0.717, 1.165) is 22.3 Å². The van der Waals surface area contributed by atoms with Gasteiger partial charge in [-0.1, -0.05) is 29.3 Å². The van der Waals surface area contributed by atoms with E-state index < -0.39 is 6.10 Å². The monoisotopic (exact) mass is 276 g/mol. The average molecular weight is 277 g/mol. The van der Waals surface area contributed by atoms with Crippen LogP contribution in [0.1, 0.15) is 28.4 Å². The van der Waals surface area contributed by atoms with Crippen LogP contribution in [-0.4, -0.2) is 12.2 Å². The number of aliphatic hydroxyl groups excluding tert-OH is 1. The summed E-state index contributed by atoms with van der Waals surface area (Å²) in [6.45, 7) is 3.93. The molecular formula is C16H17ClO2. The first kappa shape index (κ1) is 13.9. The molecule has 0 saturated heterocycles. The predicted molar refractivity (Wildman–Crippen MR) is 78.0 cm³/mol. The lowest BCUT2D eigenvalue weighted by atomic mass is 9.96. The van der Waals surface area contributed by atoms with Gasteiger partial charge in [0.25, 0.3) is 0 Å². The third-order valence-electron chi connectivity index (χ3n) is 3.21. The van der Waals surface area contributed by atoms with Crippen LogP contribution in [0.2, 0.25) is 5.02 Å². The van der Waals surface area contributed by atoms with E-state index in [9.17, 15) is 5.11 Å². The maximum atomic E-state index is 10.6. The van der Waals surface area contributed by atoms with Gasteiger partial charge < -0.3 is 9.84 Å². The molecule has 0 fully saturated rings. The van der Waals surface area contributed by atoms with Crippen LogP contribution in [0.3, 0.4) is 0 Å². The van der Waals surface area contributed by atoms with Gasteiger partial charge >= 0.3 is 0 Å². The summed E-state index contributed by atoms with van der Waals surface area (Å²) >= 11 is 5.95. The van der Waals surface area contributed by atoms with Crippen molar-refractivity contribution in [2.24, 2.45) is 0 Å². The van der Waals surface area contributed by atoms with Crippen molar-refractivity contribution >= 4 is 11.6 Å². The van der Waals surface area contributed by atoms with E-state index in [-0.39, 0.29) is 0 Å². The van der Waals surface area contributed by atoms with Crippen molar-refractivity contribution in [2.75, 3.05) is 7.11 Å². The first-order valence-corrected chi connectivity index (χ1v) is 6.49. The SMILES string of the molecule is COc1ccc(C)cc1C(O)c1ccc(Cl)cc1C. The summed E-state index contributed by atoms with van der Waals surface area (Å²) in [4.78, 5) is 0. The minimum Gasteiger partial charge on any atom is -0.496 e. The van der Waals surface area contributed by atoms with Gasteiger partial charge in [0.15, 0.2) is 0 Å². The zero-order valence-electron chi connectivity index (χ0n) is 11.3. The number of rotatable bonds is 3. The molecule has 2 rings (SSSR count). The lowest BCUT2D eigenvalue weighted by molar-refractivity contribution is 0.214. The first-order valence-electron chi connectivity index (χ1n) is 6.11. The number of aryl methyl sites for hydroxylation is 2. The Kier molecular flexibility index (Phi) is 4.13. The van der Waals surface area contributed by atoms with Gasteiger partial charge in [0.2, 0.25) is 0 Å². The van der Waals surface area contributed by atoms with Crippen molar-refractivity contribution in [1.82, 2.24) is 0 Å². The van der Waals surface area contributed by atoms with Crippen LogP contribution in [0, 0.1) is 13.8 Å². The van der Waals surface area contributed by atoms with Crippen LogP contribution in [-0.2, 0) is 0 Å². The van der Waals surface area contributed by atoms with E-state index in [4.69, 9.17) is 16.3 Å². The Bertz CT molecular complexity index is 593. The van der Waals surface area contributed by atoms with Gasteiger partial charge in [-0.15, -0.1) is 0 Å². The zero-order chi connectivity index (χ0) is 14.0. The number of benzene rings is 2. The summed E-state index contributed by atoms with van der Waals surface area (Å²) in [7, 11) is 1.61. The fourth-order valence-corrected chi connectivity index (χ4v) is 2.41. The van der Waals surface area contributed by atoms with Crippen molar-refractivity contribution in [3.63, 3.8) is 0 Å². The third-order valence-corrected chi connectivity index (χ3v) is 3.44. The van der Waals surface area contributed by atoms with Gasteiger partial charge in [-0.3, -0.25) is 0 Å². The van der Waals surface area contributed by atoms with Crippen LogP contribution in [0.5, 0.6) is 5.75 Å². The normalized spacial score (nSPS) is 12.3. The average Bonchev–Trinajstić information content (AvgIpc) is 2.38. The molecule has 2 aromatic carbocycles. The first-order chi connectivity index (χ1) is 9.02. The lowest BCUT2D eigenvalue weighted by Gasteiger charge is -2.18. The Morgan fingerprint density at radius 2 is 1.79 bits per heavy atom. The molecule has 2 aromatic rings. The molecule has 1 atom stereocenters. The number of ether oxygens (including phenoxy) is 1. The van der Waals surface area contributed by atoms with E-state index in [1.807, 2.05) is 44.2 Å². The molecule has 19 heavy (non-hydrogen) atoms. The molecule has 0 saturated carbocycles. The second-order valence-electron chi connectivity index (χ2n) is 4.65. The second-order valence-corrected chi connectivity index (χ2v) is 5.09. The van der Waals surface area contributed by atoms with Gasteiger partial charge in [0, 0.05) is 10.6 Å². The minimum absolute atomic E-state index is 0.671. The molecule has 2 nitrogen and oxygen atoms in total. The fourth-order valence-electron chi connectivity index (χ4n) is 2.18. The summed E-state index contributed by atoms with van der Waals surface area (Å²) in [5.41, 5.74) is 3.66. The van der Waals surface area contributed by atoms with Crippen LogP contribution in [0.25, 0.3) is 0 Å². The van der Waals surface area contributed by atoms with E-state index in [0.29, 0.717) is 10.8 Å². The van der Waals surface area contributed by atoms with E-state index in [2.05, 4.69) is 0 Å². The summed E-state index contributed by atoms with van der Waals surface area (Å²) in [6, 6.07) is 11.3. The molecule has 0 bridgehead atoms. The Hall–Kier alpha value is -1.51. The molecule has 1 unspecified atom stereocenters. The molecular weight excluding hydrogens is 260 g/mol. The lowest BCUT2D eigenvalue weighted by Crippen LogP contribution is -2.04. The van der Waals surface area contributed by atoms with Crippen LogP contribution >= 0.6 is 11.6 Å². The van der Waals surface area contributed by atoms with Crippen molar-refractivity contribution < 1.29 is 9.84 Å². The van der Waals surface area contributed by atoms with Gasteiger partial charge in [0.05, 0.1) is 7.11 Å². The van der Waals surface area contributed by atoms with E-state index >= 15 is 0 Å². The summed E-state index contributed by atoms with van der Waals surface area (Å²) < 4.78 is 5.32. The number of hydrogen-bond acceptors (Lipinski definition) is 2. The highest BCUT2D eigenvalue weighted by molar-refractivity contribution is 6.30. The molecule has 3 heteroatoms. The van der Waals surface area contributed by atoms with Crippen molar-refractivity contribution in [2.45, 2.75) is 20.0 Å². The zero-order valence-corrected chi connectivity index (χ0v) is 12.0. The topological polar surface area (TPSA) is 29.5 Å². The van der Waals surface area contributed by atoms with Gasteiger partial charge in [-0.2, -0.15) is 0 Å². The Balaban J connectivity index is 2.49. The molecule has 0 aliphatic heterocycles. The maximum Gasteiger partial charge on any atom is 0.125 e. The molecule has 100 valence electrons. The van der Waals surface area contributed by atoms with Crippen molar-refractivity contribution in [3.05, 3.63) is 63.7 Å². The highest BCUT2D eigenvalue weighted by Gasteiger charge is 2.17. The summed E-state index contributed by atoms with van der Waals surface area (Å²) in [5.74, 6) is 0.687. The molecule has 0 spiro atoms. The number of methoxy groups -OCH3 is 1. The molecule has 0 amide bonds. The minimum atomic E-state index is -0.716. The molecule has 0 aliphatic rings. The second kappa shape index (κ2) is 5.64. The maximum absolute atomic E-state index is 10.6. The van der Waals surface area contributed by atoms with Gasteiger partial charge in [-0.25, -0.2) is 0 Å². The third kappa shape index (κ3) is 2.91. The number of aliphatic hydroxyl groups is 1. The van der Waals surface area contributed by atoms with E-state index in [1.165, 1.54) is 0 Å². The van der Waals surface area contributed by atoms with Gasteiger partial charge in [0.1, 0.15) is 11.9 Å². The summed E-state index contributed by atoms with van der Waals surface area (Å²) in [6.07, 6.45) is -0.716. The van der Waals surface area contributed by atoms with Crippen molar-refractivity contribution in [1.29, 1.82) is 0 Å². The van der Waals surface area contributed by atoms with Crippen LogP contribution < -0.4 is 4.74 Å². The van der Waals surface area contributed by atoms with Gasteiger partial charge in [-0.05, 0) is 49.2 Å². The number of hydrogen-bond donors (Lipinski definition) is 1. The van der Waals surface area contributed by atoms with Crippen LogP contribution in [0.4, 0.5) is 0 Å². The Morgan fingerprint density at radius 3 is 2.42 bits per heavy atom. The van der Waals surface area contributed by atoms with Crippen LogP contribution in [0.15, 0.2) is 36.4 Å². The highest BCUT2D eigenvalue weighted by atomic mass is 35.5. The van der Waals surface area contributed by atoms with E-state index in [1.54, 1.807) is 13.2 Å². The molecule has 1 N–H and O–H groups in total. The molecule has 0 heterocycles. The smallest absolute Gasteiger partial charge is 0.125 e. The number of halogens is 1. The standard InChI is InChI=1S/C16H17ClO2/c1-10-4-7-15(19-3)14(8-10)16(18)13-6-5-12(17)9-11(13)2/h4-9,16,18H,1-3H3. The summed E-state index contributed by atoms with van der Waals surface area (Å²) in [5, 5.41) is 11.2. The Labute approximate surface area is 118 Å². The fraction of sp³-hybridized carbons (Fsp3) is 0.250. The molecule has 0 aromatic heterocycles. The largest absolute Gasteiger partial charge is 0.496 e. The molecule has 0 aliphatic carbocycles. The van der Waals surface area contributed by atoms with Crippen molar-refractivity contribution in [3.8, 4) is 5.75 Å². The highest BCUT2D eigenvalue weighted by Crippen LogP contribution is 2.33. The predicted octanol–water partition coefficient (Wildman–Crippen LogP) is 4.05. The quantitative estimate of drug-likeness (QED) is 0.916.